The molecule has 1 heterocycles. The lowest BCUT2D eigenvalue weighted by Crippen LogP contribution is -2.30. The minimum Gasteiger partial charge on any atom is -0.495 e. The molecular weight excluding hydrogens is 522 g/mol. The molecule has 0 aliphatic carbocycles. The number of sulfonamides is 1. The van der Waals surface area contributed by atoms with Crippen molar-refractivity contribution in [3.63, 3.8) is 0 Å². The van der Waals surface area contributed by atoms with Crippen molar-refractivity contribution in [2.24, 2.45) is 4.99 Å². The van der Waals surface area contributed by atoms with Crippen LogP contribution in [0.1, 0.15) is 29.8 Å². The number of rotatable bonds is 11. The minimum absolute atomic E-state index is 0.130. The molecule has 38 heavy (non-hydrogen) atoms. The smallest absolute Gasteiger partial charge is 0.279 e. The Morgan fingerprint density at radius 3 is 2.39 bits per heavy atom. The number of carbonyl (C=O) groups excluding carboxylic acids is 1. The van der Waals surface area contributed by atoms with Gasteiger partial charge in [0.25, 0.3) is 5.91 Å². The van der Waals surface area contributed by atoms with E-state index in [-0.39, 0.29) is 11.4 Å². The van der Waals surface area contributed by atoms with Gasteiger partial charge in [-0.15, -0.1) is 0 Å². The quantitative estimate of drug-likeness (QED) is 0.251. The van der Waals surface area contributed by atoms with Gasteiger partial charge in [0.05, 0.1) is 23.3 Å². The van der Waals surface area contributed by atoms with Gasteiger partial charge in [-0.1, -0.05) is 54.7 Å². The molecule has 3 aromatic carbocycles. The third kappa shape index (κ3) is 6.05. The molecule has 0 aliphatic heterocycles. The van der Waals surface area contributed by atoms with Gasteiger partial charge in [0.15, 0.2) is 4.80 Å². The number of thiazole rings is 1. The van der Waals surface area contributed by atoms with E-state index in [4.69, 9.17) is 9.47 Å². The van der Waals surface area contributed by atoms with Gasteiger partial charge in [-0.2, -0.15) is 9.30 Å². The van der Waals surface area contributed by atoms with Crippen LogP contribution in [-0.4, -0.2) is 50.1 Å². The Morgan fingerprint density at radius 2 is 1.74 bits per heavy atom. The van der Waals surface area contributed by atoms with E-state index in [1.807, 2.05) is 60.0 Å². The average molecular weight is 554 g/mol. The van der Waals surface area contributed by atoms with Crippen LogP contribution >= 0.6 is 11.3 Å². The molecule has 0 unspecified atom stereocenters. The number of fused-ring (bicyclic) bond motifs is 1. The van der Waals surface area contributed by atoms with Crippen LogP contribution in [0.3, 0.4) is 0 Å². The van der Waals surface area contributed by atoms with E-state index in [2.05, 4.69) is 4.99 Å². The number of ether oxygens (including phenoxy) is 2. The van der Waals surface area contributed by atoms with Crippen LogP contribution < -0.4 is 9.54 Å². The van der Waals surface area contributed by atoms with Crippen molar-refractivity contribution in [1.82, 2.24) is 8.87 Å². The first-order chi connectivity index (χ1) is 18.4. The first-order valence-corrected chi connectivity index (χ1v) is 14.6. The normalized spacial score (nSPS) is 12.4. The number of methoxy groups -OCH3 is 1. The van der Waals surface area contributed by atoms with Crippen molar-refractivity contribution in [2.45, 2.75) is 31.8 Å². The van der Waals surface area contributed by atoms with E-state index < -0.39 is 15.9 Å². The Balaban J connectivity index is 1.63. The molecule has 0 N–H and O–H groups in total. The molecule has 0 radical (unpaired) electrons. The maximum absolute atomic E-state index is 13.3. The zero-order valence-electron chi connectivity index (χ0n) is 21.7. The SMILES string of the molecule is CCOCCn1c(=NC(=O)c2ccc(S(=O)(=O)N(CC)Cc3ccccc3)cc2)sc2cccc(OC)c21. The first kappa shape index (κ1) is 27.7. The molecule has 200 valence electrons. The van der Waals surface area contributed by atoms with Crippen LogP contribution in [0.25, 0.3) is 10.2 Å². The predicted molar refractivity (Wildman–Crippen MR) is 149 cm³/mol. The highest BCUT2D eigenvalue weighted by Gasteiger charge is 2.23. The molecule has 1 amide bonds. The van der Waals surface area contributed by atoms with E-state index in [9.17, 15) is 13.2 Å². The number of carbonyl (C=O) groups is 1. The Hall–Kier alpha value is -3.31. The van der Waals surface area contributed by atoms with Gasteiger partial charge >= 0.3 is 0 Å². The van der Waals surface area contributed by atoms with Gasteiger partial charge in [0, 0.05) is 31.8 Å². The summed E-state index contributed by atoms with van der Waals surface area (Å²) in [5, 5.41) is 0. The standard InChI is InChI=1S/C28H31N3O5S2/c1-4-30(20-21-10-7-6-8-11-21)38(33,34)23-16-14-22(15-17-23)27(32)29-28-31(18-19-36-5-2)26-24(35-3)12-9-13-25(26)37-28/h6-17H,4-5,18-20H2,1-3H3. The fourth-order valence-electron chi connectivity index (χ4n) is 4.08. The molecule has 4 rings (SSSR count). The third-order valence-corrected chi connectivity index (χ3v) is 9.02. The van der Waals surface area contributed by atoms with Crippen molar-refractivity contribution < 1.29 is 22.7 Å². The van der Waals surface area contributed by atoms with Crippen LogP contribution in [0.5, 0.6) is 5.75 Å². The Labute approximate surface area is 226 Å². The highest BCUT2D eigenvalue weighted by molar-refractivity contribution is 7.89. The van der Waals surface area contributed by atoms with Crippen LogP contribution in [-0.2, 0) is 27.8 Å². The fraction of sp³-hybridized carbons (Fsp3) is 0.286. The van der Waals surface area contributed by atoms with Gasteiger partial charge in [-0.3, -0.25) is 4.79 Å². The summed E-state index contributed by atoms with van der Waals surface area (Å²) in [5.41, 5.74) is 2.06. The lowest BCUT2D eigenvalue weighted by molar-refractivity contribution is 0.0996. The van der Waals surface area contributed by atoms with E-state index in [1.165, 1.54) is 39.9 Å². The van der Waals surface area contributed by atoms with Gasteiger partial charge in [0.1, 0.15) is 11.3 Å². The van der Waals surface area contributed by atoms with E-state index in [0.29, 0.717) is 42.4 Å². The molecule has 0 atom stereocenters. The zero-order chi connectivity index (χ0) is 27.1. The number of hydrogen-bond donors (Lipinski definition) is 0. The van der Waals surface area contributed by atoms with E-state index in [1.54, 1.807) is 14.0 Å². The summed E-state index contributed by atoms with van der Waals surface area (Å²) < 4.78 is 41.9. The number of nitrogens with zero attached hydrogens (tertiary/aromatic N) is 3. The molecule has 0 spiro atoms. The molecule has 0 fully saturated rings. The summed E-state index contributed by atoms with van der Waals surface area (Å²) in [5.74, 6) is 0.232. The lowest BCUT2D eigenvalue weighted by atomic mass is 10.2. The van der Waals surface area contributed by atoms with Gasteiger partial charge in [-0.05, 0) is 48.9 Å². The Morgan fingerprint density at radius 1 is 1.00 bits per heavy atom. The number of hydrogen-bond acceptors (Lipinski definition) is 6. The molecular formula is C28H31N3O5S2. The first-order valence-electron chi connectivity index (χ1n) is 12.4. The molecule has 0 aliphatic rings. The van der Waals surface area contributed by atoms with Gasteiger partial charge in [-0.25, -0.2) is 8.42 Å². The second-order valence-electron chi connectivity index (χ2n) is 8.40. The lowest BCUT2D eigenvalue weighted by Gasteiger charge is -2.20. The highest BCUT2D eigenvalue weighted by atomic mass is 32.2. The molecule has 4 aromatic rings. The van der Waals surface area contributed by atoms with Crippen molar-refractivity contribution in [1.29, 1.82) is 0 Å². The van der Waals surface area contributed by atoms with Crippen molar-refractivity contribution in [3.8, 4) is 5.75 Å². The second kappa shape index (κ2) is 12.5. The fourth-order valence-corrected chi connectivity index (χ4v) is 6.59. The maximum atomic E-state index is 13.3. The molecule has 0 saturated heterocycles. The summed E-state index contributed by atoms with van der Waals surface area (Å²) >= 11 is 1.39. The Kier molecular flexibility index (Phi) is 9.11. The summed E-state index contributed by atoms with van der Waals surface area (Å²) in [6, 6.07) is 21.1. The third-order valence-electron chi connectivity index (χ3n) is 6.04. The van der Waals surface area contributed by atoms with Crippen molar-refractivity contribution in [2.75, 3.05) is 26.9 Å². The zero-order valence-corrected chi connectivity index (χ0v) is 23.3. The molecule has 0 bridgehead atoms. The minimum atomic E-state index is -3.73. The van der Waals surface area contributed by atoms with Crippen LogP contribution in [0.15, 0.2) is 82.7 Å². The van der Waals surface area contributed by atoms with E-state index in [0.717, 1.165) is 15.8 Å². The number of amides is 1. The van der Waals surface area contributed by atoms with Crippen LogP contribution in [0.4, 0.5) is 0 Å². The molecule has 1 aromatic heterocycles. The number of para-hydroxylation sites is 1. The molecule has 10 heteroatoms. The number of aromatic nitrogens is 1. The summed E-state index contributed by atoms with van der Waals surface area (Å²) in [6.07, 6.45) is 0. The second-order valence-corrected chi connectivity index (χ2v) is 11.3. The summed E-state index contributed by atoms with van der Waals surface area (Å²) in [4.78, 5) is 18.2. The average Bonchev–Trinajstić information content (AvgIpc) is 3.29. The monoisotopic (exact) mass is 553 g/mol. The number of benzene rings is 3. The van der Waals surface area contributed by atoms with Crippen molar-refractivity contribution in [3.05, 3.63) is 88.7 Å². The van der Waals surface area contributed by atoms with Gasteiger partial charge < -0.3 is 14.0 Å². The predicted octanol–water partition coefficient (Wildman–Crippen LogP) is 4.70. The largest absolute Gasteiger partial charge is 0.495 e. The van der Waals surface area contributed by atoms with Crippen LogP contribution in [0, 0.1) is 0 Å². The molecule has 0 saturated carbocycles. The summed E-state index contributed by atoms with van der Waals surface area (Å²) in [6.45, 7) is 5.88. The highest BCUT2D eigenvalue weighted by Crippen LogP contribution is 2.27. The van der Waals surface area contributed by atoms with E-state index >= 15 is 0 Å². The maximum Gasteiger partial charge on any atom is 0.279 e. The van der Waals surface area contributed by atoms with Crippen LogP contribution in [0.2, 0.25) is 0 Å². The summed E-state index contributed by atoms with van der Waals surface area (Å²) in [7, 11) is -2.13. The topological polar surface area (TPSA) is 90.2 Å². The molecule has 8 nitrogen and oxygen atoms in total. The van der Waals surface area contributed by atoms with Crippen molar-refractivity contribution >= 4 is 37.5 Å². The Bertz CT molecular complexity index is 1560. The van der Waals surface area contributed by atoms with Gasteiger partial charge in [0.2, 0.25) is 10.0 Å².